The third-order valence-corrected chi connectivity index (χ3v) is 3.75. The average Bonchev–Trinajstić information content (AvgIpc) is 2.50. The summed E-state index contributed by atoms with van der Waals surface area (Å²) in [5, 5.41) is 11.9. The molecular weight excluding hydrogens is 304 g/mol. The zero-order chi connectivity index (χ0) is 17.5. The molecule has 24 heavy (non-hydrogen) atoms. The first-order valence-electron chi connectivity index (χ1n) is 7.69. The van der Waals surface area contributed by atoms with Gasteiger partial charge in [0.05, 0.1) is 11.1 Å². The van der Waals surface area contributed by atoms with Crippen LogP contribution in [-0.2, 0) is 4.74 Å². The Morgan fingerprint density at radius 3 is 1.50 bits per heavy atom. The van der Waals surface area contributed by atoms with Crippen molar-refractivity contribution in [1.82, 2.24) is 0 Å². The highest BCUT2D eigenvalue weighted by Gasteiger charge is 2.25. The van der Waals surface area contributed by atoms with Gasteiger partial charge >= 0.3 is 11.9 Å². The lowest BCUT2D eigenvalue weighted by atomic mass is 9.91. The second-order valence-corrected chi connectivity index (χ2v) is 6.65. The van der Waals surface area contributed by atoms with Gasteiger partial charge in [-0.2, -0.15) is 0 Å². The Bertz CT molecular complexity index is 907. The van der Waals surface area contributed by atoms with Crippen LogP contribution in [0.1, 0.15) is 41.5 Å². The van der Waals surface area contributed by atoms with E-state index in [9.17, 15) is 14.7 Å². The van der Waals surface area contributed by atoms with Gasteiger partial charge in [0.1, 0.15) is 5.60 Å². The van der Waals surface area contributed by atoms with Crippen molar-refractivity contribution in [3.05, 3.63) is 59.7 Å². The first-order valence-corrected chi connectivity index (χ1v) is 7.69. The van der Waals surface area contributed by atoms with Crippen LogP contribution in [0.5, 0.6) is 0 Å². The zero-order valence-corrected chi connectivity index (χ0v) is 13.8. The molecule has 0 aliphatic rings. The van der Waals surface area contributed by atoms with Gasteiger partial charge in [0.15, 0.2) is 0 Å². The number of fused-ring (bicyclic) bond motifs is 2. The molecule has 0 unspecified atom stereocenters. The Morgan fingerprint density at radius 2 is 1.17 bits per heavy atom. The summed E-state index contributed by atoms with van der Waals surface area (Å²) in [5.41, 5.74) is -0.0280. The van der Waals surface area contributed by atoms with Gasteiger partial charge in [0.2, 0.25) is 0 Å². The minimum atomic E-state index is -1.02. The lowest BCUT2D eigenvalue weighted by Gasteiger charge is -2.21. The summed E-state index contributed by atoms with van der Waals surface area (Å²) in [6.45, 7) is 5.42. The minimum Gasteiger partial charge on any atom is -0.478 e. The average molecular weight is 322 g/mol. The maximum atomic E-state index is 12.8. The summed E-state index contributed by atoms with van der Waals surface area (Å²) < 4.78 is 5.55. The topological polar surface area (TPSA) is 63.6 Å². The van der Waals surface area contributed by atoms with Crippen molar-refractivity contribution < 1.29 is 19.4 Å². The van der Waals surface area contributed by atoms with E-state index in [2.05, 4.69) is 0 Å². The van der Waals surface area contributed by atoms with Gasteiger partial charge in [-0.3, -0.25) is 0 Å². The number of esters is 1. The number of rotatable bonds is 2. The number of carboxylic acids is 1. The monoisotopic (exact) mass is 322 g/mol. The third-order valence-electron chi connectivity index (χ3n) is 3.75. The highest BCUT2D eigenvalue weighted by molar-refractivity contribution is 6.24. The fourth-order valence-corrected chi connectivity index (χ4v) is 2.91. The van der Waals surface area contributed by atoms with E-state index < -0.39 is 17.5 Å². The van der Waals surface area contributed by atoms with E-state index in [0.29, 0.717) is 27.1 Å². The maximum absolute atomic E-state index is 12.8. The van der Waals surface area contributed by atoms with Gasteiger partial charge in [0.25, 0.3) is 0 Å². The van der Waals surface area contributed by atoms with E-state index in [1.54, 1.807) is 69.3 Å². The molecule has 3 aromatic carbocycles. The van der Waals surface area contributed by atoms with Crippen LogP contribution in [-0.4, -0.2) is 22.6 Å². The molecule has 0 amide bonds. The van der Waals surface area contributed by atoms with Crippen LogP contribution in [0.15, 0.2) is 48.5 Å². The molecule has 0 aromatic heterocycles. The van der Waals surface area contributed by atoms with Crippen molar-refractivity contribution in [3.8, 4) is 0 Å². The number of carboxylic acid groups (broad SMARTS) is 1. The van der Waals surface area contributed by atoms with Gasteiger partial charge < -0.3 is 9.84 Å². The molecule has 4 heteroatoms. The molecule has 0 heterocycles. The molecule has 0 bridgehead atoms. The van der Waals surface area contributed by atoms with Crippen molar-refractivity contribution in [3.63, 3.8) is 0 Å². The van der Waals surface area contributed by atoms with Crippen molar-refractivity contribution >= 4 is 33.5 Å². The van der Waals surface area contributed by atoms with Crippen LogP contribution < -0.4 is 0 Å². The van der Waals surface area contributed by atoms with Crippen molar-refractivity contribution in [2.45, 2.75) is 26.4 Å². The molecule has 0 radical (unpaired) electrons. The number of hydrogen-bond acceptors (Lipinski definition) is 3. The maximum Gasteiger partial charge on any atom is 0.339 e. The van der Waals surface area contributed by atoms with E-state index >= 15 is 0 Å². The third kappa shape index (κ3) is 2.71. The molecule has 122 valence electrons. The molecule has 0 saturated carbocycles. The van der Waals surface area contributed by atoms with Crippen LogP contribution in [0.2, 0.25) is 0 Å². The van der Waals surface area contributed by atoms with Gasteiger partial charge in [-0.25, -0.2) is 9.59 Å². The summed E-state index contributed by atoms with van der Waals surface area (Å²) in [4.78, 5) is 24.6. The highest BCUT2D eigenvalue weighted by atomic mass is 16.6. The molecule has 4 nitrogen and oxygen atoms in total. The molecule has 0 saturated heterocycles. The summed E-state index contributed by atoms with van der Waals surface area (Å²) in [7, 11) is 0. The van der Waals surface area contributed by atoms with Crippen LogP contribution in [0.4, 0.5) is 0 Å². The van der Waals surface area contributed by atoms with Crippen LogP contribution in [0, 0.1) is 0 Å². The summed E-state index contributed by atoms with van der Waals surface area (Å²) >= 11 is 0. The van der Waals surface area contributed by atoms with E-state index in [1.807, 2.05) is 0 Å². The fourth-order valence-electron chi connectivity index (χ4n) is 2.91. The lowest BCUT2D eigenvalue weighted by Crippen LogP contribution is -2.24. The lowest BCUT2D eigenvalue weighted by molar-refractivity contribution is 0.00738. The van der Waals surface area contributed by atoms with Crippen LogP contribution in [0.25, 0.3) is 21.5 Å². The summed E-state index contributed by atoms with van der Waals surface area (Å²) in [6.07, 6.45) is 0. The Labute approximate surface area is 139 Å². The van der Waals surface area contributed by atoms with E-state index in [4.69, 9.17) is 4.74 Å². The van der Waals surface area contributed by atoms with E-state index in [0.717, 1.165) is 0 Å². The van der Waals surface area contributed by atoms with Crippen LogP contribution >= 0.6 is 0 Å². The molecular formula is C20H18O4. The number of hydrogen-bond donors (Lipinski definition) is 1. The summed E-state index contributed by atoms with van der Waals surface area (Å²) in [5.74, 6) is -1.47. The normalized spacial score (nSPS) is 11.6. The largest absolute Gasteiger partial charge is 0.478 e. The van der Waals surface area contributed by atoms with Crippen molar-refractivity contribution in [2.24, 2.45) is 0 Å². The highest BCUT2D eigenvalue weighted by Crippen LogP contribution is 2.34. The van der Waals surface area contributed by atoms with Crippen molar-refractivity contribution in [2.75, 3.05) is 0 Å². The minimum absolute atomic E-state index is 0.202. The predicted octanol–water partition coefficient (Wildman–Crippen LogP) is 4.65. The quantitative estimate of drug-likeness (QED) is 0.551. The number of aromatic carboxylic acids is 1. The van der Waals surface area contributed by atoms with Gasteiger partial charge in [-0.05, 0) is 42.3 Å². The molecule has 0 spiro atoms. The molecule has 1 N–H and O–H groups in total. The Kier molecular flexibility index (Phi) is 3.76. The number of benzene rings is 3. The first kappa shape index (κ1) is 16.0. The Hall–Kier alpha value is -2.88. The molecule has 0 aliphatic carbocycles. The number of carbonyl (C=O) groups is 2. The smallest absolute Gasteiger partial charge is 0.339 e. The zero-order valence-electron chi connectivity index (χ0n) is 13.8. The predicted molar refractivity (Wildman–Crippen MR) is 93.6 cm³/mol. The van der Waals surface area contributed by atoms with Gasteiger partial charge in [-0.15, -0.1) is 0 Å². The second-order valence-electron chi connectivity index (χ2n) is 6.65. The Morgan fingerprint density at radius 1 is 0.792 bits per heavy atom. The summed E-state index contributed by atoms with van der Waals surface area (Å²) in [6, 6.07) is 14.1. The fraction of sp³-hybridized carbons (Fsp3) is 0.200. The SMILES string of the molecule is CC(C)(C)OC(=O)c1c2ccccc2c(C(=O)O)c2ccccc12. The molecule has 0 aliphatic heterocycles. The molecule has 3 aromatic rings. The number of carbonyl (C=O) groups excluding carboxylic acids is 1. The van der Waals surface area contributed by atoms with Gasteiger partial charge in [0, 0.05) is 0 Å². The molecule has 0 atom stereocenters. The van der Waals surface area contributed by atoms with E-state index in [1.165, 1.54) is 0 Å². The number of ether oxygens (including phenoxy) is 1. The molecule has 3 rings (SSSR count). The molecule has 0 fully saturated rings. The van der Waals surface area contributed by atoms with Gasteiger partial charge in [-0.1, -0.05) is 48.5 Å². The van der Waals surface area contributed by atoms with Crippen LogP contribution in [0.3, 0.4) is 0 Å². The standard InChI is InChI=1S/C20H18O4/c1-20(2,3)24-19(23)17-14-10-6-4-8-12(14)16(18(21)22)13-9-5-7-11-15(13)17/h4-11H,1-3H3,(H,21,22). The second kappa shape index (κ2) is 5.64. The first-order chi connectivity index (χ1) is 11.3. The Balaban J connectivity index is 2.45. The van der Waals surface area contributed by atoms with E-state index in [-0.39, 0.29) is 5.56 Å². The van der Waals surface area contributed by atoms with Crippen molar-refractivity contribution in [1.29, 1.82) is 0 Å².